The Bertz CT molecular complexity index is 404. The van der Waals surface area contributed by atoms with E-state index in [1.165, 1.54) is 0 Å². The van der Waals surface area contributed by atoms with E-state index in [9.17, 15) is 4.79 Å². The third-order valence-electron chi connectivity index (χ3n) is 2.34. The van der Waals surface area contributed by atoms with Gasteiger partial charge in [0, 0.05) is 5.56 Å². The van der Waals surface area contributed by atoms with Crippen molar-refractivity contribution >= 4 is 23.1 Å². The molecule has 0 radical (unpaired) electrons. The molecule has 3 N–H and O–H groups in total. The van der Waals surface area contributed by atoms with Crippen LogP contribution in [0, 0.1) is 6.92 Å². The van der Waals surface area contributed by atoms with Gasteiger partial charge in [0.1, 0.15) is 0 Å². The van der Waals surface area contributed by atoms with E-state index in [1.54, 1.807) is 6.07 Å². The number of carbonyl (C=O) groups is 1. The summed E-state index contributed by atoms with van der Waals surface area (Å²) in [6, 6.07) is 7.17. The van der Waals surface area contributed by atoms with Crippen LogP contribution < -0.4 is 11.1 Å². The molecule has 0 heterocycles. The third-order valence-corrected chi connectivity index (χ3v) is 2.62. The standard InChI is InChI=1S/C12H16N2OS/c1-3-10(11(13)16)14-12(15)9-6-4-5-8(2)7-9/h4-7,10H,3H2,1-2H3,(H2,13,16)(H,14,15). The molecule has 0 aliphatic heterocycles. The zero-order valence-electron chi connectivity index (χ0n) is 9.49. The Balaban J connectivity index is 2.75. The van der Waals surface area contributed by atoms with Gasteiger partial charge >= 0.3 is 0 Å². The Morgan fingerprint density at radius 2 is 2.25 bits per heavy atom. The second-order valence-corrected chi connectivity index (χ2v) is 4.18. The quantitative estimate of drug-likeness (QED) is 0.784. The van der Waals surface area contributed by atoms with Crippen molar-refractivity contribution in [1.82, 2.24) is 5.32 Å². The van der Waals surface area contributed by atoms with Crippen LogP contribution in [0.4, 0.5) is 0 Å². The number of aryl methyl sites for hydroxylation is 1. The monoisotopic (exact) mass is 236 g/mol. The van der Waals surface area contributed by atoms with Gasteiger partial charge in [-0.1, -0.05) is 36.8 Å². The topological polar surface area (TPSA) is 55.1 Å². The van der Waals surface area contributed by atoms with Crippen molar-refractivity contribution in [3.63, 3.8) is 0 Å². The van der Waals surface area contributed by atoms with Gasteiger partial charge in [0.25, 0.3) is 5.91 Å². The summed E-state index contributed by atoms with van der Waals surface area (Å²) in [6.07, 6.45) is 0.701. The molecule has 1 rings (SSSR count). The van der Waals surface area contributed by atoms with Gasteiger partial charge in [-0.05, 0) is 25.5 Å². The first-order valence-corrected chi connectivity index (χ1v) is 5.62. The fourth-order valence-corrected chi connectivity index (χ4v) is 1.63. The van der Waals surface area contributed by atoms with E-state index < -0.39 is 0 Å². The van der Waals surface area contributed by atoms with Gasteiger partial charge in [-0.3, -0.25) is 4.79 Å². The van der Waals surface area contributed by atoms with Crippen molar-refractivity contribution in [1.29, 1.82) is 0 Å². The summed E-state index contributed by atoms with van der Waals surface area (Å²) in [5.41, 5.74) is 7.21. The normalized spacial score (nSPS) is 11.9. The number of hydrogen-bond donors (Lipinski definition) is 2. The Morgan fingerprint density at radius 1 is 1.56 bits per heavy atom. The highest BCUT2D eigenvalue weighted by Crippen LogP contribution is 2.04. The number of nitrogens with one attached hydrogen (secondary N) is 1. The van der Waals surface area contributed by atoms with Crippen LogP contribution in [0.5, 0.6) is 0 Å². The van der Waals surface area contributed by atoms with E-state index in [4.69, 9.17) is 18.0 Å². The van der Waals surface area contributed by atoms with Gasteiger partial charge < -0.3 is 11.1 Å². The molecule has 0 spiro atoms. The van der Waals surface area contributed by atoms with Crippen LogP contribution in [0.3, 0.4) is 0 Å². The van der Waals surface area contributed by atoms with Crippen molar-refractivity contribution in [2.24, 2.45) is 5.73 Å². The number of carbonyl (C=O) groups excluding carboxylic acids is 1. The van der Waals surface area contributed by atoms with Crippen LogP contribution in [0.15, 0.2) is 24.3 Å². The summed E-state index contributed by atoms with van der Waals surface area (Å²) in [5, 5.41) is 2.80. The first kappa shape index (κ1) is 12.6. The van der Waals surface area contributed by atoms with Crippen LogP contribution in [0.25, 0.3) is 0 Å². The van der Waals surface area contributed by atoms with Gasteiger partial charge in [-0.15, -0.1) is 0 Å². The third kappa shape index (κ3) is 3.31. The fourth-order valence-electron chi connectivity index (χ4n) is 1.40. The molecular formula is C12H16N2OS. The molecule has 16 heavy (non-hydrogen) atoms. The van der Waals surface area contributed by atoms with E-state index in [2.05, 4.69) is 5.32 Å². The Kier molecular flexibility index (Phi) is 4.43. The van der Waals surface area contributed by atoms with Crippen LogP contribution in [-0.2, 0) is 0 Å². The van der Waals surface area contributed by atoms with E-state index >= 15 is 0 Å². The lowest BCUT2D eigenvalue weighted by Crippen LogP contribution is -2.42. The molecule has 0 saturated carbocycles. The zero-order valence-corrected chi connectivity index (χ0v) is 10.3. The van der Waals surface area contributed by atoms with E-state index in [0.29, 0.717) is 17.0 Å². The second kappa shape index (κ2) is 5.61. The van der Waals surface area contributed by atoms with Crippen LogP contribution in [-0.4, -0.2) is 16.9 Å². The first-order valence-electron chi connectivity index (χ1n) is 5.21. The maximum atomic E-state index is 11.8. The number of hydrogen-bond acceptors (Lipinski definition) is 2. The minimum absolute atomic E-state index is 0.136. The second-order valence-electron chi connectivity index (χ2n) is 3.71. The van der Waals surface area contributed by atoms with Crippen molar-refractivity contribution in [3.05, 3.63) is 35.4 Å². The molecule has 1 atom stereocenters. The number of thiocarbonyl (C=S) groups is 1. The molecule has 1 aromatic rings. The first-order chi connectivity index (χ1) is 7.54. The highest BCUT2D eigenvalue weighted by Gasteiger charge is 2.13. The van der Waals surface area contributed by atoms with Gasteiger partial charge in [-0.25, -0.2) is 0 Å². The number of benzene rings is 1. The molecule has 1 aromatic carbocycles. The molecule has 0 aliphatic carbocycles. The Labute approximate surface area is 101 Å². The number of rotatable bonds is 4. The highest BCUT2D eigenvalue weighted by atomic mass is 32.1. The molecule has 86 valence electrons. The number of nitrogens with two attached hydrogens (primary N) is 1. The van der Waals surface area contributed by atoms with Crippen LogP contribution >= 0.6 is 12.2 Å². The predicted molar refractivity (Wildman–Crippen MR) is 69.5 cm³/mol. The molecule has 4 heteroatoms. The summed E-state index contributed by atoms with van der Waals surface area (Å²) >= 11 is 4.87. The van der Waals surface area contributed by atoms with Crippen molar-refractivity contribution < 1.29 is 4.79 Å². The van der Waals surface area contributed by atoms with Gasteiger partial charge in [0.05, 0.1) is 11.0 Å². The Hall–Kier alpha value is -1.42. The molecule has 0 aliphatic rings. The molecule has 1 amide bonds. The minimum Gasteiger partial charge on any atom is -0.392 e. The SMILES string of the molecule is CCC(NC(=O)c1cccc(C)c1)C(N)=S. The largest absolute Gasteiger partial charge is 0.392 e. The molecule has 0 aromatic heterocycles. The van der Waals surface area contributed by atoms with Crippen LogP contribution in [0.1, 0.15) is 29.3 Å². The predicted octanol–water partition coefficient (Wildman–Crippen LogP) is 1.79. The molecule has 3 nitrogen and oxygen atoms in total. The smallest absolute Gasteiger partial charge is 0.251 e. The fraction of sp³-hybridized carbons (Fsp3) is 0.333. The van der Waals surface area contributed by atoms with Gasteiger partial charge in [-0.2, -0.15) is 0 Å². The molecule has 0 saturated heterocycles. The lowest BCUT2D eigenvalue weighted by atomic mass is 10.1. The maximum absolute atomic E-state index is 11.8. The summed E-state index contributed by atoms with van der Waals surface area (Å²) in [6.45, 7) is 3.88. The lowest BCUT2D eigenvalue weighted by molar-refractivity contribution is 0.0946. The van der Waals surface area contributed by atoms with Gasteiger partial charge in [0.15, 0.2) is 0 Å². The summed E-state index contributed by atoms with van der Waals surface area (Å²) in [7, 11) is 0. The maximum Gasteiger partial charge on any atom is 0.251 e. The molecule has 0 fully saturated rings. The molecule has 1 unspecified atom stereocenters. The zero-order chi connectivity index (χ0) is 12.1. The van der Waals surface area contributed by atoms with Crippen molar-refractivity contribution in [3.8, 4) is 0 Å². The Morgan fingerprint density at radius 3 is 2.75 bits per heavy atom. The summed E-state index contributed by atoms with van der Waals surface area (Å²) in [4.78, 5) is 12.2. The van der Waals surface area contributed by atoms with Crippen LogP contribution in [0.2, 0.25) is 0 Å². The molecular weight excluding hydrogens is 220 g/mol. The average Bonchev–Trinajstić information content (AvgIpc) is 2.25. The van der Waals surface area contributed by atoms with E-state index in [0.717, 1.165) is 5.56 Å². The summed E-state index contributed by atoms with van der Waals surface area (Å²) in [5.74, 6) is -0.136. The lowest BCUT2D eigenvalue weighted by Gasteiger charge is -2.15. The van der Waals surface area contributed by atoms with Crippen molar-refractivity contribution in [2.75, 3.05) is 0 Å². The van der Waals surface area contributed by atoms with E-state index in [-0.39, 0.29) is 11.9 Å². The van der Waals surface area contributed by atoms with Crippen molar-refractivity contribution in [2.45, 2.75) is 26.3 Å². The minimum atomic E-state index is -0.233. The highest BCUT2D eigenvalue weighted by molar-refractivity contribution is 7.80. The van der Waals surface area contributed by atoms with E-state index in [1.807, 2.05) is 32.0 Å². The number of amides is 1. The molecule has 0 bridgehead atoms. The summed E-state index contributed by atoms with van der Waals surface area (Å²) < 4.78 is 0. The van der Waals surface area contributed by atoms with Gasteiger partial charge in [0.2, 0.25) is 0 Å². The average molecular weight is 236 g/mol.